The van der Waals surface area contributed by atoms with E-state index in [4.69, 9.17) is 5.11 Å². The van der Waals surface area contributed by atoms with Crippen LogP contribution in [0, 0.1) is 5.92 Å². The number of anilines is 1. The minimum atomic E-state index is -0.855. The van der Waals surface area contributed by atoms with Crippen LogP contribution in [0.4, 0.5) is 9.93 Å². The van der Waals surface area contributed by atoms with E-state index in [2.05, 4.69) is 15.5 Å². The SMILES string of the molecule is CC(C)(C)c1nnc(NC(=O)N2CCC(C(=O)O)C2)s1. The number of aliphatic carboxylic acids is 1. The molecule has 2 heterocycles. The molecule has 2 rings (SSSR count). The Morgan fingerprint density at radius 2 is 2.10 bits per heavy atom. The Morgan fingerprint density at radius 1 is 1.40 bits per heavy atom. The van der Waals surface area contributed by atoms with Crippen molar-refractivity contribution >= 4 is 28.5 Å². The van der Waals surface area contributed by atoms with Gasteiger partial charge in [-0.3, -0.25) is 10.1 Å². The maximum Gasteiger partial charge on any atom is 0.323 e. The maximum absolute atomic E-state index is 12.0. The summed E-state index contributed by atoms with van der Waals surface area (Å²) >= 11 is 1.34. The molecule has 1 atom stereocenters. The van der Waals surface area contributed by atoms with Crippen molar-refractivity contribution in [2.75, 3.05) is 18.4 Å². The number of hydrogen-bond donors (Lipinski definition) is 2. The molecular weight excluding hydrogens is 280 g/mol. The van der Waals surface area contributed by atoms with Gasteiger partial charge in [-0.2, -0.15) is 0 Å². The second kappa shape index (κ2) is 5.35. The molecule has 1 saturated heterocycles. The minimum absolute atomic E-state index is 0.108. The molecule has 8 heteroatoms. The molecule has 1 aliphatic heterocycles. The van der Waals surface area contributed by atoms with Gasteiger partial charge >= 0.3 is 12.0 Å². The first kappa shape index (κ1) is 14.7. The van der Waals surface area contributed by atoms with E-state index in [0.717, 1.165) is 5.01 Å². The smallest absolute Gasteiger partial charge is 0.323 e. The number of rotatable bonds is 2. The Bertz CT molecular complexity index is 523. The van der Waals surface area contributed by atoms with E-state index in [1.807, 2.05) is 20.8 Å². The summed E-state index contributed by atoms with van der Waals surface area (Å²) in [5.74, 6) is -1.33. The Labute approximate surface area is 121 Å². The monoisotopic (exact) mass is 298 g/mol. The molecule has 0 aromatic carbocycles. The van der Waals surface area contributed by atoms with Gasteiger partial charge in [0.15, 0.2) is 0 Å². The summed E-state index contributed by atoms with van der Waals surface area (Å²) < 4.78 is 0. The number of amides is 2. The van der Waals surface area contributed by atoms with Crippen molar-refractivity contribution in [1.82, 2.24) is 15.1 Å². The highest BCUT2D eigenvalue weighted by atomic mass is 32.1. The van der Waals surface area contributed by atoms with Crippen LogP contribution in [0.3, 0.4) is 0 Å². The zero-order chi connectivity index (χ0) is 14.9. The third-order valence-corrected chi connectivity index (χ3v) is 4.37. The number of carboxylic acid groups (broad SMARTS) is 1. The normalized spacial score (nSPS) is 19.1. The van der Waals surface area contributed by atoms with Crippen LogP contribution in [0.2, 0.25) is 0 Å². The van der Waals surface area contributed by atoms with Crippen molar-refractivity contribution in [2.24, 2.45) is 5.92 Å². The van der Waals surface area contributed by atoms with Gasteiger partial charge in [-0.25, -0.2) is 4.79 Å². The van der Waals surface area contributed by atoms with E-state index in [1.54, 1.807) is 0 Å². The molecule has 1 aromatic rings. The largest absolute Gasteiger partial charge is 0.481 e. The molecule has 0 spiro atoms. The molecule has 2 N–H and O–H groups in total. The number of urea groups is 1. The van der Waals surface area contributed by atoms with Crippen molar-refractivity contribution in [2.45, 2.75) is 32.6 Å². The summed E-state index contributed by atoms with van der Waals surface area (Å²) in [6, 6.07) is -0.314. The highest BCUT2D eigenvalue weighted by Crippen LogP contribution is 2.28. The molecule has 1 aromatic heterocycles. The van der Waals surface area contributed by atoms with Crippen LogP contribution in [0.25, 0.3) is 0 Å². The van der Waals surface area contributed by atoms with Gasteiger partial charge in [-0.15, -0.1) is 10.2 Å². The first-order chi connectivity index (χ1) is 9.27. The maximum atomic E-state index is 12.0. The van der Waals surface area contributed by atoms with Crippen LogP contribution in [-0.2, 0) is 10.2 Å². The number of nitrogens with zero attached hydrogens (tertiary/aromatic N) is 3. The first-order valence-corrected chi connectivity index (χ1v) is 7.22. The highest BCUT2D eigenvalue weighted by molar-refractivity contribution is 7.15. The molecule has 0 aliphatic carbocycles. The first-order valence-electron chi connectivity index (χ1n) is 6.40. The van der Waals surface area contributed by atoms with Crippen molar-refractivity contribution in [3.8, 4) is 0 Å². The molecule has 7 nitrogen and oxygen atoms in total. The third kappa shape index (κ3) is 3.24. The number of aromatic nitrogens is 2. The summed E-state index contributed by atoms with van der Waals surface area (Å²) in [5.41, 5.74) is -0.108. The fourth-order valence-corrected chi connectivity index (χ4v) is 2.68. The van der Waals surface area contributed by atoms with Crippen molar-refractivity contribution < 1.29 is 14.7 Å². The van der Waals surface area contributed by atoms with E-state index >= 15 is 0 Å². The number of carbonyl (C=O) groups is 2. The van der Waals surface area contributed by atoms with Gasteiger partial charge in [-0.05, 0) is 6.42 Å². The molecule has 20 heavy (non-hydrogen) atoms. The zero-order valence-corrected chi connectivity index (χ0v) is 12.5. The summed E-state index contributed by atoms with van der Waals surface area (Å²) in [6.45, 7) is 6.77. The fraction of sp³-hybridized carbons (Fsp3) is 0.667. The van der Waals surface area contributed by atoms with Gasteiger partial charge < -0.3 is 10.0 Å². The van der Waals surface area contributed by atoms with Crippen LogP contribution >= 0.6 is 11.3 Å². The molecular formula is C12H18N4O3S. The van der Waals surface area contributed by atoms with E-state index in [9.17, 15) is 9.59 Å². The van der Waals surface area contributed by atoms with Crippen molar-refractivity contribution in [3.63, 3.8) is 0 Å². The number of carbonyl (C=O) groups excluding carboxylic acids is 1. The average Bonchev–Trinajstić information content (AvgIpc) is 2.95. The predicted molar refractivity (Wildman–Crippen MR) is 74.9 cm³/mol. The second-order valence-electron chi connectivity index (χ2n) is 5.86. The number of likely N-dealkylation sites (tertiary alicyclic amines) is 1. The van der Waals surface area contributed by atoms with Gasteiger partial charge in [0.05, 0.1) is 5.92 Å². The van der Waals surface area contributed by atoms with E-state index in [-0.39, 0.29) is 18.0 Å². The Morgan fingerprint density at radius 3 is 2.60 bits per heavy atom. The predicted octanol–water partition coefficient (Wildman–Crippen LogP) is 1.77. The second-order valence-corrected chi connectivity index (χ2v) is 6.84. The molecule has 0 saturated carbocycles. The molecule has 0 bridgehead atoms. The number of nitrogens with one attached hydrogen (secondary N) is 1. The minimum Gasteiger partial charge on any atom is -0.481 e. The van der Waals surface area contributed by atoms with Gasteiger partial charge in [0.1, 0.15) is 5.01 Å². The van der Waals surface area contributed by atoms with Crippen LogP contribution in [0.5, 0.6) is 0 Å². The van der Waals surface area contributed by atoms with Crippen LogP contribution in [0.15, 0.2) is 0 Å². The summed E-state index contributed by atoms with van der Waals surface area (Å²) in [7, 11) is 0. The van der Waals surface area contributed by atoms with Crippen LogP contribution in [-0.4, -0.2) is 45.3 Å². The van der Waals surface area contributed by atoms with Gasteiger partial charge in [-0.1, -0.05) is 32.1 Å². The standard InChI is InChI=1S/C12H18N4O3S/c1-12(2,3)9-14-15-10(20-9)13-11(19)16-5-4-7(6-16)8(17)18/h7H,4-6H2,1-3H3,(H,17,18)(H,13,15,19). The molecule has 1 unspecified atom stereocenters. The van der Waals surface area contributed by atoms with Crippen LogP contribution in [0.1, 0.15) is 32.2 Å². The van der Waals surface area contributed by atoms with E-state index < -0.39 is 11.9 Å². The quantitative estimate of drug-likeness (QED) is 0.867. The Balaban J connectivity index is 1.95. The number of hydrogen-bond acceptors (Lipinski definition) is 5. The van der Waals surface area contributed by atoms with Gasteiger partial charge in [0.25, 0.3) is 0 Å². The van der Waals surface area contributed by atoms with Gasteiger partial charge in [0.2, 0.25) is 5.13 Å². The highest BCUT2D eigenvalue weighted by Gasteiger charge is 2.31. The zero-order valence-electron chi connectivity index (χ0n) is 11.7. The molecule has 2 amide bonds. The Kier molecular flexibility index (Phi) is 3.94. The van der Waals surface area contributed by atoms with Crippen molar-refractivity contribution in [1.29, 1.82) is 0 Å². The number of carboxylic acids is 1. The third-order valence-electron chi connectivity index (χ3n) is 3.11. The summed E-state index contributed by atoms with van der Waals surface area (Å²) in [6.07, 6.45) is 0.492. The van der Waals surface area contributed by atoms with Gasteiger partial charge in [0, 0.05) is 18.5 Å². The lowest BCUT2D eigenvalue weighted by Gasteiger charge is -2.15. The van der Waals surface area contributed by atoms with Crippen molar-refractivity contribution in [3.05, 3.63) is 5.01 Å². The fourth-order valence-electron chi connectivity index (χ4n) is 1.89. The molecule has 1 fully saturated rings. The lowest BCUT2D eigenvalue weighted by molar-refractivity contribution is -0.141. The molecule has 1 aliphatic rings. The Hall–Kier alpha value is -1.70. The summed E-state index contributed by atoms with van der Waals surface area (Å²) in [4.78, 5) is 24.4. The van der Waals surface area contributed by atoms with E-state index in [1.165, 1.54) is 16.2 Å². The van der Waals surface area contributed by atoms with Crippen LogP contribution < -0.4 is 5.32 Å². The van der Waals surface area contributed by atoms with E-state index in [0.29, 0.717) is 18.1 Å². The topological polar surface area (TPSA) is 95.4 Å². The molecule has 110 valence electrons. The average molecular weight is 298 g/mol. The lowest BCUT2D eigenvalue weighted by Crippen LogP contribution is -2.33. The summed E-state index contributed by atoms with van der Waals surface area (Å²) in [5, 5.41) is 20.9. The molecule has 0 radical (unpaired) electrons. The lowest BCUT2D eigenvalue weighted by atomic mass is 9.98.